The molecule has 2 rings (SSSR count). The lowest BCUT2D eigenvalue weighted by Crippen LogP contribution is -2.24. The van der Waals surface area contributed by atoms with Crippen molar-refractivity contribution in [3.63, 3.8) is 0 Å². The van der Waals surface area contributed by atoms with Crippen LogP contribution in [-0.2, 0) is 14.6 Å². The van der Waals surface area contributed by atoms with E-state index in [0.29, 0.717) is 5.69 Å². The molecule has 1 amide bonds. The van der Waals surface area contributed by atoms with Gasteiger partial charge in [0.1, 0.15) is 11.6 Å². The molecule has 0 atom stereocenters. The summed E-state index contributed by atoms with van der Waals surface area (Å²) >= 11 is 0. The van der Waals surface area contributed by atoms with Crippen LogP contribution in [0.2, 0.25) is 0 Å². The van der Waals surface area contributed by atoms with Gasteiger partial charge in [0, 0.05) is 5.69 Å². The standard InChI is InChI=1S/C9H9NO3S/c11-9-6-14(12,13)7-10(9)8-4-2-1-3-5-8/h1-5H,6-7H2. The Bertz CT molecular complexity index is 452. The Hall–Kier alpha value is -1.36. The summed E-state index contributed by atoms with van der Waals surface area (Å²) in [6.07, 6.45) is 0. The Labute approximate surface area is 82.1 Å². The highest BCUT2D eigenvalue weighted by atomic mass is 32.2. The van der Waals surface area contributed by atoms with Crippen molar-refractivity contribution >= 4 is 21.4 Å². The van der Waals surface area contributed by atoms with E-state index in [1.54, 1.807) is 24.3 Å². The van der Waals surface area contributed by atoms with Gasteiger partial charge in [-0.25, -0.2) is 8.42 Å². The van der Waals surface area contributed by atoms with E-state index >= 15 is 0 Å². The van der Waals surface area contributed by atoms with E-state index in [4.69, 9.17) is 0 Å². The van der Waals surface area contributed by atoms with Crippen molar-refractivity contribution in [3.05, 3.63) is 30.3 Å². The van der Waals surface area contributed by atoms with E-state index in [2.05, 4.69) is 0 Å². The molecule has 0 aliphatic carbocycles. The lowest BCUT2D eigenvalue weighted by Gasteiger charge is -2.13. The molecule has 1 aromatic rings. The number of benzene rings is 1. The zero-order valence-corrected chi connectivity index (χ0v) is 8.20. The average Bonchev–Trinajstić information content (AvgIpc) is 2.41. The highest BCUT2D eigenvalue weighted by Gasteiger charge is 2.33. The van der Waals surface area contributed by atoms with Crippen LogP contribution in [0, 0.1) is 0 Å². The molecule has 0 spiro atoms. The Morgan fingerprint density at radius 3 is 2.29 bits per heavy atom. The van der Waals surface area contributed by atoms with Crippen molar-refractivity contribution in [2.45, 2.75) is 0 Å². The smallest absolute Gasteiger partial charge is 0.243 e. The molecule has 0 aromatic heterocycles. The molecule has 4 nitrogen and oxygen atoms in total. The first kappa shape index (κ1) is 9.21. The van der Waals surface area contributed by atoms with Crippen LogP contribution in [0.3, 0.4) is 0 Å². The number of carbonyl (C=O) groups excluding carboxylic acids is 1. The molecule has 0 unspecified atom stereocenters. The summed E-state index contributed by atoms with van der Waals surface area (Å²) in [5, 5.41) is 0. The lowest BCUT2D eigenvalue weighted by molar-refractivity contribution is -0.115. The zero-order valence-electron chi connectivity index (χ0n) is 7.38. The number of nitrogens with zero attached hydrogens (tertiary/aromatic N) is 1. The molecule has 0 bridgehead atoms. The Morgan fingerprint density at radius 1 is 1.14 bits per heavy atom. The molecule has 1 aromatic carbocycles. The van der Waals surface area contributed by atoms with Crippen LogP contribution in [0.15, 0.2) is 30.3 Å². The van der Waals surface area contributed by atoms with Crippen molar-refractivity contribution < 1.29 is 13.2 Å². The van der Waals surface area contributed by atoms with Crippen LogP contribution in [-0.4, -0.2) is 26.0 Å². The minimum atomic E-state index is -3.22. The highest BCUT2D eigenvalue weighted by Crippen LogP contribution is 2.19. The molecule has 5 heteroatoms. The molecular weight excluding hydrogens is 202 g/mol. The first-order valence-corrected chi connectivity index (χ1v) is 5.96. The van der Waals surface area contributed by atoms with Crippen LogP contribution >= 0.6 is 0 Å². The van der Waals surface area contributed by atoms with Gasteiger partial charge in [-0.3, -0.25) is 9.69 Å². The maximum atomic E-state index is 11.3. The van der Waals surface area contributed by atoms with E-state index in [1.165, 1.54) is 4.90 Å². The summed E-state index contributed by atoms with van der Waals surface area (Å²) < 4.78 is 22.3. The van der Waals surface area contributed by atoms with Crippen LogP contribution in [0.25, 0.3) is 0 Å². The van der Waals surface area contributed by atoms with E-state index in [-0.39, 0.29) is 17.5 Å². The van der Waals surface area contributed by atoms with E-state index in [9.17, 15) is 13.2 Å². The van der Waals surface area contributed by atoms with E-state index in [1.807, 2.05) is 6.07 Å². The summed E-state index contributed by atoms with van der Waals surface area (Å²) in [7, 11) is -3.22. The Morgan fingerprint density at radius 2 is 1.79 bits per heavy atom. The van der Waals surface area contributed by atoms with Gasteiger partial charge >= 0.3 is 0 Å². The highest BCUT2D eigenvalue weighted by molar-refractivity contribution is 7.92. The number of rotatable bonds is 1. The number of anilines is 1. The van der Waals surface area contributed by atoms with Gasteiger partial charge in [0.25, 0.3) is 0 Å². The van der Waals surface area contributed by atoms with E-state index in [0.717, 1.165) is 0 Å². The van der Waals surface area contributed by atoms with Gasteiger partial charge in [-0.1, -0.05) is 18.2 Å². The predicted molar refractivity (Wildman–Crippen MR) is 52.6 cm³/mol. The van der Waals surface area contributed by atoms with Crippen LogP contribution in [0.1, 0.15) is 0 Å². The van der Waals surface area contributed by atoms with Gasteiger partial charge in [-0.15, -0.1) is 0 Å². The van der Waals surface area contributed by atoms with Crippen LogP contribution < -0.4 is 4.90 Å². The lowest BCUT2D eigenvalue weighted by atomic mass is 10.3. The number of para-hydroxylation sites is 1. The topological polar surface area (TPSA) is 54.5 Å². The molecule has 0 radical (unpaired) electrons. The second-order valence-corrected chi connectivity index (χ2v) is 5.21. The van der Waals surface area contributed by atoms with Gasteiger partial charge in [0.2, 0.25) is 5.91 Å². The molecule has 1 fully saturated rings. The van der Waals surface area contributed by atoms with Gasteiger partial charge < -0.3 is 0 Å². The molecule has 1 saturated heterocycles. The molecular formula is C9H9NO3S. The Balaban J connectivity index is 2.35. The maximum absolute atomic E-state index is 11.3. The number of amides is 1. The zero-order chi connectivity index (χ0) is 10.2. The summed E-state index contributed by atoms with van der Waals surface area (Å²) in [4.78, 5) is 12.6. The first-order valence-electron chi connectivity index (χ1n) is 4.14. The van der Waals surface area contributed by atoms with Crippen molar-refractivity contribution in [2.75, 3.05) is 16.5 Å². The second-order valence-electron chi connectivity index (χ2n) is 3.17. The van der Waals surface area contributed by atoms with Gasteiger partial charge in [-0.2, -0.15) is 0 Å². The largest absolute Gasteiger partial charge is 0.297 e. The SMILES string of the molecule is O=C1CS(=O)(=O)CN1c1ccccc1. The van der Waals surface area contributed by atoms with Crippen molar-refractivity contribution in [3.8, 4) is 0 Å². The summed E-state index contributed by atoms with van der Waals surface area (Å²) in [5.74, 6) is -0.922. The predicted octanol–water partition coefficient (Wildman–Crippen LogP) is 0.405. The molecule has 14 heavy (non-hydrogen) atoms. The molecule has 74 valence electrons. The van der Waals surface area contributed by atoms with Gasteiger partial charge in [0.15, 0.2) is 9.84 Å². The van der Waals surface area contributed by atoms with Crippen molar-refractivity contribution in [2.24, 2.45) is 0 Å². The average molecular weight is 211 g/mol. The van der Waals surface area contributed by atoms with E-state index < -0.39 is 9.84 Å². The fourth-order valence-electron chi connectivity index (χ4n) is 1.41. The molecule has 0 N–H and O–H groups in total. The van der Waals surface area contributed by atoms with Gasteiger partial charge in [0.05, 0.1) is 0 Å². The number of hydrogen-bond donors (Lipinski definition) is 0. The molecule has 0 saturated carbocycles. The molecule has 1 heterocycles. The fourth-order valence-corrected chi connectivity index (χ4v) is 2.72. The number of sulfone groups is 1. The quantitative estimate of drug-likeness (QED) is 0.676. The van der Waals surface area contributed by atoms with Crippen LogP contribution in [0.5, 0.6) is 0 Å². The summed E-state index contributed by atoms with van der Waals surface area (Å²) in [6, 6.07) is 8.80. The molecule has 1 aliphatic rings. The molecule has 1 aliphatic heterocycles. The maximum Gasteiger partial charge on any atom is 0.243 e. The third kappa shape index (κ3) is 1.63. The monoisotopic (exact) mass is 211 g/mol. The third-order valence-corrected chi connectivity index (χ3v) is 3.38. The van der Waals surface area contributed by atoms with Crippen molar-refractivity contribution in [1.82, 2.24) is 0 Å². The van der Waals surface area contributed by atoms with Crippen LogP contribution in [0.4, 0.5) is 5.69 Å². The third-order valence-electron chi connectivity index (χ3n) is 2.04. The fraction of sp³-hybridized carbons (Fsp3) is 0.222. The Kier molecular flexibility index (Phi) is 2.03. The van der Waals surface area contributed by atoms with Crippen molar-refractivity contribution in [1.29, 1.82) is 0 Å². The second kappa shape index (κ2) is 3.09. The number of carbonyl (C=O) groups is 1. The summed E-state index contributed by atoms with van der Waals surface area (Å²) in [5.41, 5.74) is 0.638. The minimum absolute atomic E-state index is 0.199. The minimum Gasteiger partial charge on any atom is -0.297 e. The number of hydrogen-bond acceptors (Lipinski definition) is 3. The first-order chi connectivity index (χ1) is 6.58. The normalized spacial score (nSPS) is 20.0. The summed E-state index contributed by atoms with van der Waals surface area (Å²) in [6.45, 7) is 0. The van der Waals surface area contributed by atoms with Gasteiger partial charge in [-0.05, 0) is 12.1 Å².